The molecule has 100 valence electrons. The molecule has 1 atom stereocenters. The maximum Gasteiger partial charge on any atom is 0.254 e. The van der Waals surface area contributed by atoms with Crippen molar-refractivity contribution in [2.75, 3.05) is 6.54 Å². The molecule has 1 rings (SSSR count). The summed E-state index contributed by atoms with van der Waals surface area (Å²) >= 11 is 0. The van der Waals surface area contributed by atoms with Crippen molar-refractivity contribution in [1.29, 1.82) is 0 Å². The molecule has 0 bridgehead atoms. The van der Waals surface area contributed by atoms with Crippen molar-refractivity contribution in [1.82, 2.24) is 5.32 Å². The van der Waals surface area contributed by atoms with Gasteiger partial charge in [0, 0.05) is 12.6 Å². The number of rotatable bonds is 5. The van der Waals surface area contributed by atoms with Gasteiger partial charge >= 0.3 is 0 Å². The van der Waals surface area contributed by atoms with Crippen LogP contribution in [0, 0.1) is 17.5 Å². The summed E-state index contributed by atoms with van der Waals surface area (Å²) in [4.78, 5) is 11.5. The van der Waals surface area contributed by atoms with E-state index in [9.17, 15) is 23.1 Å². The maximum atomic E-state index is 13.2. The molecule has 0 spiro atoms. The Morgan fingerprint density at radius 3 is 2.50 bits per heavy atom. The highest BCUT2D eigenvalue weighted by Crippen LogP contribution is 2.13. The number of halogens is 3. The van der Waals surface area contributed by atoms with E-state index in [1.807, 2.05) is 0 Å². The predicted octanol–water partition coefficient (Wildman–Crippen LogP) is 1.99. The minimum Gasteiger partial charge on any atom is -0.393 e. The summed E-state index contributed by atoms with van der Waals surface area (Å²) in [6.45, 7) is 1.91. The molecule has 0 saturated heterocycles. The minimum atomic E-state index is -1.34. The van der Waals surface area contributed by atoms with Crippen molar-refractivity contribution in [2.24, 2.45) is 0 Å². The Labute approximate surface area is 103 Å². The van der Waals surface area contributed by atoms with Gasteiger partial charge in [-0.25, -0.2) is 13.2 Å². The van der Waals surface area contributed by atoms with Crippen LogP contribution in [0.5, 0.6) is 0 Å². The molecule has 0 saturated carbocycles. The fourth-order valence-corrected chi connectivity index (χ4v) is 1.35. The summed E-state index contributed by atoms with van der Waals surface area (Å²) < 4.78 is 38.7. The van der Waals surface area contributed by atoms with Crippen LogP contribution in [0.2, 0.25) is 0 Å². The first-order chi connectivity index (χ1) is 8.45. The van der Waals surface area contributed by atoms with Crippen molar-refractivity contribution < 1.29 is 23.1 Å². The van der Waals surface area contributed by atoms with E-state index in [0.29, 0.717) is 25.0 Å². The number of hydrogen-bond donors (Lipinski definition) is 2. The molecular weight excluding hydrogens is 247 g/mol. The van der Waals surface area contributed by atoms with Crippen LogP contribution in [0.25, 0.3) is 0 Å². The van der Waals surface area contributed by atoms with Crippen molar-refractivity contribution in [3.63, 3.8) is 0 Å². The number of hydrogen-bond acceptors (Lipinski definition) is 2. The fourth-order valence-electron chi connectivity index (χ4n) is 1.35. The van der Waals surface area contributed by atoms with E-state index < -0.39 is 35.0 Å². The van der Waals surface area contributed by atoms with E-state index in [1.165, 1.54) is 0 Å². The SMILES string of the molecule is CCC(O)CCNC(=O)c1cc(F)c(F)cc1F. The Kier molecular flexibility index (Phi) is 5.15. The quantitative estimate of drug-likeness (QED) is 0.796. The van der Waals surface area contributed by atoms with E-state index >= 15 is 0 Å². The average molecular weight is 261 g/mol. The molecule has 0 aliphatic heterocycles. The molecule has 0 aromatic heterocycles. The van der Waals surface area contributed by atoms with Crippen molar-refractivity contribution in [2.45, 2.75) is 25.9 Å². The highest BCUT2D eigenvalue weighted by molar-refractivity contribution is 5.94. The fraction of sp³-hybridized carbons (Fsp3) is 0.417. The summed E-state index contributed by atoms with van der Waals surface area (Å²) in [6.07, 6.45) is 0.295. The monoisotopic (exact) mass is 261 g/mol. The van der Waals surface area contributed by atoms with E-state index in [2.05, 4.69) is 5.32 Å². The summed E-state index contributed by atoms with van der Waals surface area (Å²) in [5.74, 6) is -4.59. The van der Waals surface area contributed by atoms with Crippen LogP contribution >= 0.6 is 0 Å². The zero-order chi connectivity index (χ0) is 13.7. The zero-order valence-corrected chi connectivity index (χ0v) is 9.84. The lowest BCUT2D eigenvalue weighted by atomic mass is 10.1. The number of carbonyl (C=O) groups is 1. The molecule has 1 amide bonds. The highest BCUT2D eigenvalue weighted by Gasteiger charge is 2.16. The maximum absolute atomic E-state index is 13.2. The van der Waals surface area contributed by atoms with Crippen LogP contribution < -0.4 is 5.32 Å². The molecule has 3 nitrogen and oxygen atoms in total. The van der Waals surface area contributed by atoms with E-state index in [4.69, 9.17) is 0 Å². The molecular formula is C12H14F3NO2. The van der Waals surface area contributed by atoms with Gasteiger partial charge in [-0.05, 0) is 18.9 Å². The number of nitrogens with one attached hydrogen (secondary N) is 1. The predicted molar refractivity (Wildman–Crippen MR) is 59.6 cm³/mol. The number of aliphatic hydroxyl groups excluding tert-OH is 1. The first-order valence-electron chi connectivity index (χ1n) is 5.56. The van der Waals surface area contributed by atoms with Gasteiger partial charge in [0.15, 0.2) is 11.6 Å². The normalized spacial score (nSPS) is 12.3. The summed E-state index contributed by atoms with van der Waals surface area (Å²) in [5, 5.41) is 11.6. The number of carbonyl (C=O) groups excluding carboxylic acids is 1. The highest BCUT2D eigenvalue weighted by atomic mass is 19.2. The molecule has 0 heterocycles. The van der Waals surface area contributed by atoms with Crippen LogP contribution in [0.1, 0.15) is 30.1 Å². The first kappa shape index (κ1) is 14.5. The summed E-state index contributed by atoms with van der Waals surface area (Å²) in [7, 11) is 0. The molecule has 0 aliphatic carbocycles. The molecule has 1 unspecified atom stereocenters. The third-order valence-electron chi connectivity index (χ3n) is 2.49. The Morgan fingerprint density at radius 2 is 1.89 bits per heavy atom. The molecule has 0 aliphatic rings. The molecule has 1 aromatic rings. The van der Waals surface area contributed by atoms with Gasteiger partial charge in [0.1, 0.15) is 5.82 Å². The third kappa shape index (κ3) is 3.73. The number of amides is 1. The van der Waals surface area contributed by atoms with Gasteiger partial charge in [0.05, 0.1) is 11.7 Å². The number of benzene rings is 1. The van der Waals surface area contributed by atoms with Crippen molar-refractivity contribution in [3.8, 4) is 0 Å². The Morgan fingerprint density at radius 1 is 1.28 bits per heavy atom. The third-order valence-corrected chi connectivity index (χ3v) is 2.49. The molecule has 0 fully saturated rings. The Bertz CT molecular complexity index is 438. The Hall–Kier alpha value is -1.56. The van der Waals surface area contributed by atoms with Crippen LogP contribution in [-0.4, -0.2) is 23.7 Å². The van der Waals surface area contributed by atoms with Crippen LogP contribution in [0.4, 0.5) is 13.2 Å². The molecule has 18 heavy (non-hydrogen) atoms. The summed E-state index contributed by atoms with van der Waals surface area (Å²) in [5.41, 5.74) is -0.556. The van der Waals surface area contributed by atoms with Crippen molar-refractivity contribution in [3.05, 3.63) is 35.1 Å². The molecule has 2 N–H and O–H groups in total. The molecule has 6 heteroatoms. The second-order valence-corrected chi connectivity index (χ2v) is 3.85. The van der Waals surface area contributed by atoms with Crippen LogP contribution in [0.15, 0.2) is 12.1 Å². The van der Waals surface area contributed by atoms with E-state index in [-0.39, 0.29) is 6.54 Å². The van der Waals surface area contributed by atoms with E-state index in [1.54, 1.807) is 6.92 Å². The lowest BCUT2D eigenvalue weighted by Gasteiger charge is -2.09. The van der Waals surface area contributed by atoms with Crippen LogP contribution in [0.3, 0.4) is 0 Å². The molecule has 1 aromatic carbocycles. The van der Waals surface area contributed by atoms with Crippen LogP contribution in [-0.2, 0) is 0 Å². The van der Waals surface area contributed by atoms with Gasteiger partial charge in [0.25, 0.3) is 5.91 Å². The van der Waals surface area contributed by atoms with Gasteiger partial charge in [-0.2, -0.15) is 0 Å². The number of aliphatic hydroxyl groups is 1. The lowest BCUT2D eigenvalue weighted by molar-refractivity contribution is 0.0937. The topological polar surface area (TPSA) is 49.3 Å². The van der Waals surface area contributed by atoms with Gasteiger partial charge < -0.3 is 10.4 Å². The lowest BCUT2D eigenvalue weighted by Crippen LogP contribution is -2.28. The average Bonchev–Trinajstić information content (AvgIpc) is 2.33. The van der Waals surface area contributed by atoms with Gasteiger partial charge in [0.2, 0.25) is 0 Å². The Balaban J connectivity index is 2.64. The van der Waals surface area contributed by atoms with Gasteiger partial charge in [-0.1, -0.05) is 6.92 Å². The van der Waals surface area contributed by atoms with Gasteiger partial charge in [-0.15, -0.1) is 0 Å². The largest absolute Gasteiger partial charge is 0.393 e. The first-order valence-corrected chi connectivity index (χ1v) is 5.56. The molecule has 0 radical (unpaired) electrons. The second kappa shape index (κ2) is 6.39. The van der Waals surface area contributed by atoms with E-state index in [0.717, 1.165) is 0 Å². The summed E-state index contributed by atoms with van der Waals surface area (Å²) in [6, 6.07) is 0.835. The zero-order valence-electron chi connectivity index (χ0n) is 9.84. The van der Waals surface area contributed by atoms with Crippen molar-refractivity contribution >= 4 is 5.91 Å². The smallest absolute Gasteiger partial charge is 0.254 e. The minimum absolute atomic E-state index is 0.131. The second-order valence-electron chi connectivity index (χ2n) is 3.85. The van der Waals surface area contributed by atoms with Gasteiger partial charge in [-0.3, -0.25) is 4.79 Å². The standard InChI is InChI=1S/C12H14F3NO2/c1-2-7(17)3-4-16-12(18)8-5-10(14)11(15)6-9(8)13/h5-7,17H,2-4H2,1H3,(H,16,18).